The number of amides is 1. The van der Waals surface area contributed by atoms with E-state index in [0.29, 0.717) is 6.54 Å². The zero-order chi connectivity index (χ0) is 17.3. The minimum absolute atomic E-state index is 0.00653. The quantitative estimate of drug-likeness (QED) is 0.925. The van der Waals surface area contributed by atoms with Crippen molar-refractivity contribution in [2.75, 3.05) is 0 Å². The Labute approximate surface area is 146 Å². The summed E-state index contributed by atoms with van der Waals surface area (Å²) in [4.78, 5) is 25.1. The molecular formula is C19H24N4O2. The molecule has 6 nitrogen and oxygen atoms in total. The third-order valence-electron chi connectivity index (χ3n) is 5.49. The molecule has 1 saturated carbocycles. The molecule has 1 amide bonds. The fourth-order valence-corrected chi connectivity index (χ4v) is 3.94. The molecule has 0 bridgehead atoms. The van der Waals surface area contributed by atoms with Crippen LogP contribution in [-0.4, -0.2) is 20.3 Å². The van der Waals surface area contributed by atoms with Crippen LogP contribution in [0.5, 0.6) is 0 Å². The predicted octanol–water partition coefficient (Wildman–Crippen LogP) is 1.97. The van der Waals surface area contributed by atoms with Gasteiger partial charge in [-0.3, -0.25) is 9.36 Å². The Morgan fingerprint density at radius 2 is 1.92 bits per heavy atom. The maximum Gasteiger partial charge on any atom is 0.346 e. The fraction of sp³-hybridized carbons (Fsp3) is 0.526. The lowest BCUT2D eigenvalue weighted by Gasteiger charge is -2.43. The van der Waals surface area contributed by atoms with Crippen LogP contribution in [-0.2, 0) is 29.8 Å². The first-order chi connectivity index (χ1) is 12.2. The van der Waals surface area contributed by atoms with Gasteiger partial charge in [0.25, 0.3) is 0 Å². The van der Waals surface area contributed by atoms with Gasteiger partial charge in [-0.25, -0.2) is 9.48 Å². The van der Waals surface area contributed by atoms with Gasteiger partial charge in [0.15, 0.2) is 0 Å². The maximum absolute atomic E-state index is 12.6. The van der Waals surface area contributed by atoms with Crippen molar-refractivity contribution in [1.29, 1.82) is 0 Å². The third-order valence-corrected chi connectivity index (χ3v) is 5.49. The minimum atomic E-state index is -0.279. The van der Waals surface area contributed by atoms with Crippen molar-refractivity contribution in [3.05, 3.63) is 52.2 Å². The lowest BCUT2D eigenvalue weighted by atomic mass is 9.72. The van der Waals surface area contributed by atoms with Crippen molar-refractivity contribution in [3.63, 3.8) is 0 Å². The normalized spacial score (nSPS) is 18.7. The van der Waals surface area contributed by atoms with Gasteiger partial charge in [-0.1, -0.05) is 36.8 Å². The summed E-state index contributed by atoms with van der Waals surface area (Å²) in [7, 11) is 0. The van der Waals surface area contributed by atoms with Crippen LogP contribution in [0.15, 0.2) is 35.1 Å². The number of nitrogens with one attached hydrogen (secondary N) is 1. The molecule has 2 aliphatic rings. The Morgan fingerprint density at radius 3 is 2.64 bits per heavy atom. The predicted molar refractivity (Wildman–Crippen MR) is 94.2 cm³/mol. The molecule has 1 aliphatic heterocycles. The second-order valence-electron chi connectivity index (χ2n) is 7.17. The first-order valence-corrected chi connectivity index (χ1v) is 9.21. The molecule has 0 atom stereocenters. The Morgan fingerprint density at radius 1 is 1.12 bits per heavy atom. The van der Waals surface area contributed by atoms with E-state index >= 15 is 0 Å². The van der Waals surface area contributed by atoms with Crippen LogP contribution in [0.4, 0.5) is 0 Å². The van der Waals surface area contributed by atoms with E-state index in [4.69, 9.17) is 0 Å². The number of fused-ring (bicyclic) bond motifs is 1. The lowest BCUT2D eigenvalue weighted by Crippen LogP contribution is -2.52. The van der Waals surface area contributed by atoms with Gasteiger partial charge in [0.2, 0.25) is 5.91 Å². The number of rotatable bonds is 4. The highest BCUT2D eigenvalue weighted by Crippen LogP contribution is 2.41. The molecule has 1 aromatic carbocycles. The molecule has 0 spiro atoms. The maximum atomic E-state index is 12.6. The summed E-state index contributed by atoms with van der Waals surface area (Å²) in [5, 5.41) is 7.57. The average molecular weight is 340 g/mol. The second-order valence-corrected chi connectivity index (χ2v) is 7.17. The van der Waals surface area contributed by atoms with Crippen LogP contribution in [0, 0.1) is 0 Å². The average Bonchev–Trinajstić information content (AvgIpc) is 2.76. The summed E-state index contributed by atoms with van der Waals surface area (Å²) in [6, 6.07) is 10.1. The van der Waals surface area contributed by atoms with E-state index < -0.39 is 0 Å². The minimum Gasteiger partial charge on any atom is -0.345 e. The molecule has 132 valence electrons. The third kappa shape index (κ3) is 3.01. The van der Waals surface area contributed by atoms with Crippen molar-refractivity contribution in [1.82, 2.24) is 19.7 Å². The summed E-state index contributed by atoms with van der Waals surface area (Å²) < 4.78 is 3.06. The van der Waals surface area contributed by atoms with Crippen LogP contribution in [0.3, 0.4) is 0 Å². The number of aryl methyl sites for hydroxylation is 1. The van der Waals surface area contributed by atoms with E-state index in [-0.39, 0.29) is 23.7 Å². The molecule has 4 rings (SSSR count). The zero-order valence-electron chi connectivity index (χ0n) is 14.4. The second kappa shape index (κ2) is 6.50. The molecule has 6 heteroatoms. The summed E-state index contributed by atoms with van der Waals surface area (Å²) in [6.45, 7) is 0.706. The summed E-state index contributed by atoms with van der Waals surface area (Å²) in [5.74, 6) is 0.677. The van der Waals surface area contributed by atoms with Gasteiger partial charge in [-0.2, -0.15) is 5.10 Å². The first-order valence-electron chi connectivity index (χ1n) is 9.21. The van der Waals surface area contributed by atoms with Crippen molar-refractivity contribution in [3.8, 4) is 0 Å². The van der Waals surface area contributed by atoms with Crippen molar-refractivity contribution in [2.24, 2.45) is 0 Å². The fourth-order valence-electron chi connectivity index (χ4n) is 3.94. The van der Waals surface area contributed by atoms with Crippen LogP contribution in [0.1, 0.15) is 49.9 Å². The van der Waals surface area contributed by atoms with Crippen LogP contribution < -0.4 is 11.0 Å². The highest BCUT2D eigenvalue weighted by molar-refractivity contribution is 5.77. The standard InChI is InChI=1S/C19H24N4O2/c24-17(20-19(11-7-12-19)15-8-3-1-4-9-15)14-23-18(25)22-13-6-2-5-10-16(22)21-23/h1,3-4,8-9H,2,5-7,10-14H2,(H,20,24). The Hall–Kier alpha value is -2.37. The van der Waals surface area contributed by atoms with Gasteiger partial charge >= 0.3 is 5.69 Å². The lowest BCUT2D eigenvalue weighted by molar-refractivity contribution is -0.125. The highest BCUT2D eigenvalue weighted by Gasteiger charge is 2.39. The molecule has 2 aromatic rings. The van der Waals surface area contributed by atoms with E-state index in [9.17, 15) is 9.59 Å². The number of carbonyl (C=O) groups is 1. The molecule has 25 heavy (non-hydrogen) atoms. The van der Waals surface area contributed by atoms with E-state index in [2.05, 4.69) is 22.5 Å². The van der Waals surface area contributed by atoms with Crippen molar-refractivity contribution >= 4 is 5.91 Å². The summed E-state index contributed by atoms with van der Waals surface area (Å²) >= 11 is 0. The molecule has 0 radical (unpaired) electrons. The molecule has 1 aromatic heterocycles. The topological polar surface area (TPSA) is 68.9 Å². The van der Waals surface area contributed by atoms with Gasteiger partial charge in [0.1, 0.15) is 12.4 Å². The Bertz CT molecular complexity index is 818. The summed E-state index contributed by atoms with van der Waals surface area (Å²) in [6.07, 6.45) is 6.99. The largest absolute Gasteiger partial charge is 0.346 e. The van der Waals surface area contributed by atoms with Crippen LogP contribution >= 0.6 is 0 Å². The first kappa shape index (κ1) is 16.1. The highest BCUT2D eigenvalue weighted by atomic mass is 16.2. The van der Waals surface area contributed by atoms with Gasteiger partial charge in [-0.05, 0) is 37.7 Å². The zero-order valence-corrected chi connectivity index (χ0v) is 14.4. The number of nitrogens with zero attached hydrogens (tertiary/aromatic N) is 3. The molecule has 0 unspecified atom stereocenters. The van der Waals surface area contributed by atoms with E-state index in [1.165, 1.54) is 4.68 Å². The van der Waals surface area contributed by atoms with Gasteiger partial charge < -0.3 is 5.32 Å². The van der Waals surface area contributed by atoms with Crippen LogP contribution in [0.2, 0.25) is 0 Å². The van der Waals surface area contributed by atoms with Crippen molar-refractivity contribution in [2.45, 2.75) is 63.6 Å². The molecule has 1 fully saturated rings. The Kier molecular flexibility index (Phi) is 4.19. The molecule has 1 N–H and O–H groups in total. The van der Waals surface area contributed by atoms with Gasteiger partial charge in [0, 0.05) is 13.0 Å². The number of hydrogen-bond donors (Lipinski definition) is 1. The van der Waals surface area contributed by atoms with E-state index in [0.717, 1.165) is 56.3 Å². The molecular weight excluding hydrogens is 316 g/mol. The number of benzene rings is 1. The number of aromatic nitrogens is 3. The van der Waals surface area contributed by atoms with Crippen molar-refractivity contribution < 1.29 is 4.79 Å². The molecule has 2 heterocycles. The Balaban J connectivity index is 1.50. The number of carbonyl (C=O) groups excluding carboxylic acids is 1. The van der Waals surface area contributed by atoms with E-state index in [1.54, 1.807) is 4.57 Å². The van der Waals surface area contributed by atoms with Gasteiger partial charge in [-0.15, -0.1) is 0 Å². The van der Waals surface area contributed by atoms with Gasteiger partial charge in [0.05, 0.1) is 5.54 Å². The smallest absolute Gasteiger partial charge is 0.345 e. The monoisotopic (exact) mass is 340 g/mol. The molecule has 1 aliphatic carbocycles. The van der Waals surface area contributed by atoms with E-state index in [1.807, 2.05) is 18.2 Å². The number of hydrogen-bond acceptors (Lipinski definition) is 3. The SMILES string of the molecule is O=C(Cn1nc2n(c1=O)CCCCC2)NC1(c2ccccc2)CCC1. The van der Waals surface area contributed by atoms with Crippen LogP contribution in [0.25, 0.3) is 0 Å². The molecule has 0 saturated heterocycles. The summed E-state index contributed by atoms with van der Waals surface area (Å²) in [5.41, 5.74) is 0.704.